The van der Waals surface area contributed by atoms with Crippen LogP contribution in [0.1, 0.15) is 11.3 Å². The first kappa shape index (κ1) is 17.5. The van der Waals surface area contributed by atoms with E-state index in [9.17, 15) is 4.79 Å². The molecule has 0 aliphatic carbocycles. The number of pyridine rings is 1. The molecule has 3 rings (SSSR count). The Bertz CT molecular complexity index is 898. The number of carbonyl (C=O) groups is 1. The normalized spacial score (nSPS) is 11.0. The largest absolute Gasteiger partial charge is 0.497 e. The molecule has 0 unspecified atom stereocenters. The number of hydrogen-bond acceptors (Lipinski definition) is 4. The number of hydrogen-bond donors (Lipinski definition) is 1. The van der Waals surface area contributed by atoms with Crippen LogP contribution in [-0.4, -0.2) is 36.1 Å². The minimum atomic E-state index is -0.161. The Morgan fingerprint density at radius 2 is 2.12 bits per heavy atom. The van der Waals surface area contributed by atoms with Crippen molar-refractivity contribution in [3.8, 4) is 11.5 Å². The fourth-order valence-corrected chi connectivity index (χ4v) is 2.60. The average Bonchev–Trinajstić information content (AvgIpc) is 3.09. The Balaban J connectivity index is 1.54. The van der Waals surface area contributed by atoms with Crippen molar-refractivity contribution < 1.29 is 14.3 Å². The van der Waals surface area contributed by atoms with E-state index in [0.29, 0.717) is 24.5 Å². The highest BCUT2D eigenvalue weighted by molar-refractivity contribution is 5.92. The first-order chi connectivity index (χ1) is 12.7. The Hall–Kier alpha value is -3.28. The van der Waals surface area contributed by atoms with E-state index in [0.717, 1.165) is 16.9 Å². The smallest absolute Gasteiger partial charge is 0.244 e. The summed E-state index contributed by atoms with van der Waals surface area (Å²) in [7, 11) is 3.18. The van der Waals surface area contributed by atoms with Gasteiger partial charge >= 0.3 is 0 Å². The van der Waals surface area contributed by atoms with Crippen molar-refractivity contribution in [2.75, 3.05) is 20.8 Å². The van der Waals surface area contributed by atoms with Crippen LogP contribution in [0.25, 0.3) is 11.7 Å². The molecule has 0 aliphatic heterocycles. The Morgan fingerprint density at radius 3 is 2.88 bits per heavy atom. The summed E-state index contributed by atoms with van der Waals surface area (Å²) < 4.78 is 12.4. The zero-order chi connectivity index (χ0) is 18.4. The van der Waals surface area contributed by atoms with Gasteiger partial charge in [-0.1, -0.05) is 6.07 Å². The van der Waals surface area contributed by atoms with Gasteiger partial charge in [-0.25, -0.2) is 4.98 Å². The fourth-order valence-electron chi connectivity index (χ4n) is 2.60. The van der Waals surface area contributed by atoms with Gasteiger partial charge < -0.3 is 19.2 Å². The molecule has 0 atom stereocenters. The lowest BCUT2D eigenvalue weighted by atomic mass is 10.1. The summed E-state index contributed by atoms with van der Waals surface area (Å²) in [5, 5.41) is 2.87. The third-order valence-corrected chi connectivity index (χ3v) is 3.95. The van der Waals surface area contributed by atoms with Gasteiger partial charge in [-0.15, -0.1) is 0 Å². The number of methoxy groups -OCH3 is 2. The molecule has 0 saturated carbocycles. The van der Waals surface area contributed by atoms with Gasteiger partial charge in [0.2, 0.25) is 5.91 Å². The molecular formula is C20H21N3O3. The highest BCUT2D eigenvalue weighted by atomic mass is 16.5. The lowest BCUT2D eigenvalue weighted by molar-refractivity contribution is -0.116. The summed E-state index contributed by atoms with van der Waals surface area (Å²) >= 11 is 0. The molecule has 134 valence electrons. The second kappa shape index (κ2) is 8.20. The zero-order valence-corrected chi connectivity index (χ0v) is 14.8. The molecule has 1 amide bonds. The summed E-state index contributed by atoms with van der Waals surface area (Å²) in [5.74, 6) is 1.20. The van der Waals surface area contributed by atoms with Crippen molar-refractivity contribution in [2.24, 2.45) is 0 Å². The Labute approximate surface area is 152 Å². The maximum absolute atomic E-state index is 12.0. The molecule has 2 aromatic heterocycles. The molecule has 1 N–H and O–H groups in total. The van der Waals surface area contributed by atoms with Crippen molar-refractivity contribution in [1.82, 2.24) is 14.7 Å². The number of imidazole rings is 1. The molecular weight excluding hydrogens is 330 g/mol. The van der Waals surface area contributed by atoms with E-state index in [1.54, 1.807) is 26.4 Å². The van der Waals surface area contributed by atoms with Gasteiger partial charge in [0.25, 0.3) is 0 Å². The third-order valence-electron chi connectivity index (χ3n) is 3.95. The maximum Gasteiger partial charge on any atom is 0.244 e. The number of ether oxygens (including phenoxy) is 2. The molecule has 0 bridgehead atoms. The van der Waals surface area contributed by atoms with Crippen LogP contribution >= 0.6 is 0 Å². The van der Waals surface area contributed by atoms with Gasteiger partial charge in [0, 0.05) is 43.1 Å². The lowest BCUT2D eigenvalue weighted by Crippen LogP contribution is -2.23. The molecule has 26 heavy (non-hydrogen) atoms. The predicted octanol–water partition coefficient (Wildman–Crippen LogP) is 2.72. The van der Waals surface area contributed by atoms with E-state index in [4.69, 9.17) is 9.47 Å². The SMILES string of the molecule is COc1ccc(/C=C/C(=O)NCCc2cn3ccccc3n2)c(OC)c1. The molecule has 0 spiro atoms. The van der Waals surface area contributed by atoms with Gasteiger partial charge in [-0.3, -0.25) is 4.79 Å². The average molecular weight is 351 g/mol. The third kappa shape index (κ3) is 4.22. The number of nitrogens with one attached hydrogen (secondary N) is 1. The molecule has 6 heteroatoms. The first-order valence-electron chi connectivity index (χ1n) is 8.30. The monoisotopic (exact) mass is 351 g/mol. The number of benzene rings is 1. The molecule has 0 fully saturated rings. The van der Waals surface area contributed by atoms with Crippen molar-refractivity contribution >= 4 is 17.6 Å². The molecule has 3 aromatic rings. The van der Waals surface area contributed by atoms with Gasteiger partial charge in [0.15, 0.2) is 0 Å². The van der Waals surface area contributed by atoms with Crippen LogP contribution in [0.15, 0.2) is 54.9 Å². The fraction of sp³-hybridized carbons (Fsp3) is 0.200. The van der Waals surface area contributed by atoms with Crippen LogP contribution in [0, 0.1) is 0 Å². The van der Waals surface area contributed by atoms with Crippen molar-refractivity contribution in [3.63, 3.8) is 0 Å². The number of amides is 1. The minimum absolute atomic E-state index is 0.161. The maximum atomic E-state index is 12.0. The van der Waals surface area contributed by atoms with Crippen molar-refractivity contribution in [2.45, 2.75) is 6.42 Å². The number of rotatable bonds is 7. The molecule has 0 saturated heterocycles. The second-order valence-electron chi connectivity index (χ2n) is 5.68. The summed E-state index contributed by atoms with van der Waals surface area (Å²) in [6.45, 7) is 0.521. The van der Waals surface area contributed by atoms with E-state index in [-0.39, 0.29) is 5.91 Å². The van der Waals surface area contributed by atoms with Crippen LogP contribution in [0.4, 0.5) is 0 Å². The van der Waals surface area contributed by atoms with Crippen LogP contribution < -0.4 is 14.8 Å². The van der Waals surface area contributed by atoms with Crippen LogP contribution in [0.2, 0.25) is 0 Å². The van der Waals surface area contributed by atoms with Crippen LogP contribution in [0.5, 0.6) is 11.5 Å². The van der Waals surface area contributed by atoms with Gasteiger partial charge in [0.05, 0.1) is 19.9 Å². The number of aromatic nitrogens is 2. The standard InChI is InChI=1S/C20H21N3O3/c1-25-17-8-6-15(18(13-17)26-2)7-9-20(24)21-11-10-16-14-23-12-4-3-5-19(23)22-16/h3-9,12-14H,10-11H2,1-2H3,(H,21,24)/b9-7+. The van der Waals surface area contributed by atoms with Crippen LogP contribution in [-0.2, 0) is 11.2 Å². The van der Waals surface area contributed by atoms with E-state index >= 15 is 0 Å². The van der Waals surface area contributed by atoms with Crippen molar-refractivity contribution in [1.29, 1.82) is 0 Å². The van der Waals surface area contributed by atoms with Gasteiger partial charge in [-0.2, -0.15) is 0 Å². The Kier molecular flexibility index (Phi) is 5.53. The predicted molar refractivity (Wildman–Crippen MR) is 100 cm³/mol. The summed E-state index contributed by atoms with van der Waals surface area (Å²) in [6, 6.07) is 11.3. The summed E-state index contributed by atoms with van der Waals surface area (Å²) in [5.41, 5.74) is 2.65. The highest BCUT2D eigenvalue weighted by Crippen LogP contribution is 2.25. The second-order valence-corrected chi connectivity index (χ2v) is 5.68. The Morgan fingerprint density at radius 1 is 1.23 bits per heavy atom. The van der Waals surface area contributed by atoms with Crippen molar-refractivity contribution in [3.05, 3.63) is 66.1 Å². The topological polar surface area (TPSA) is 64.9 Å². The minimum Gasteiger partial charge on any atom is -0.497 e. The number of fused-ring (bicyclic) bond motifs is 1. The quantitative estimate of drug-likeness (QED) is 0.665. The van der Waals surface area contributed by atoms with E-state index < -0.39 is 0 Å². The molecule has 2 heterocycles. The first-order valence-corrected chi connectivity index (χ1v) is 8.30. The number of nitrogens with zero attached hydrogens (tertiary/aromatic N) is 2. The zero-order valence-electron chi connectivity index (χ0n) is 14.8. The van der Waals surface area contributed by atoms with E-state index in [1.807, 2.05) is 47.1 Å². The van der Waals surface area contributed by atoms with Gasteiger partial charge in [0.1, 0.15) is 17.1 Å². The molecule has 0 radical (unpaired) electrons. The molecule has 0 aliphatic rings. The highest BCUT2D eigenvalue weighted by Gasteiger charge is 2.04. The van der Waals surface area contributed by atoms with E-state index in [2.05, 4.69) is 10.3 Å². The molecule has 1 aromatic carbocycles. The molecule has 6 nitrogen and oxygen atoms in total. The van der Waals surface area contributed by atoms with E-state index in [1.165, 1.54) is 6.08 Å². The lowest BCUT2D eigenvalue weighted by Gasteiger charge is -2.07. The van der Waals surface area contributed by atoms with Crippen LogP contribution in [0.3, 0.4) is 0 Å². The number of carbonyl (C=O) groups excluding carboxylic acids is 1. The van der Waals surface area contributed by atoms with Gasteiger partial charge in [-0.05, 0) is 30.3 Å². The summed E-state index contributed by atoms with van der Waals surface area (Å²) in [6.07, 6.45) is 7.81. The summed E-state index contributed by atoms with van der Waals surface area (Å²) in [4.78, 5) is 16.5.